The smallest absolute Gasteiger partial charge is 0.290 e. The first-order chi connectivity index (χ1) is 14.0. The molecule has 2 aliphatic heterocycles. The summed E-state index contributed by atoms with van der Waals surface area (Å²) < 4.78 is 5.72. The van der Waals surface area contributed by atoms with Crippen molar-refractivity contribution in [3.8, 4) is 0 Å². The number of thiophene rings is 1. The molecule has 0 aliphatic carbocycles. The molecule has 3 heterocycles. The molecule has 4 rings (SSSR count). The fraction of sp³-hybridized carbons (Fsp3) is 0.364. The summed E-state index contributed by atoms with van der Waals surface area (Å²) in [5, 5.41) is 12.5. The zero-order chi connectivity index (χ0) is 20.5. The summed E-state index contributed by atoms with van der Waals surface area (Å²) in [6.07, 6.45) is 1.74. The Hall–Kier alpha value is -2.64. The van der Waals surface area contributed by atoms with Crippen LogP contribution in [0.25, 0.3) is 0 Å². The van der Waals surface area contributed by atoms with Crippen LogP contribution in [0.5, 0.6) is 0 Å². The highest BCUT2D eigenvalue weighted by molar-refractivity contribution is 7.12. The van der Waals surface area contributed by atoms with Gasteiger partial charge in [-0.3, -0.25) is 9.59 Å². The summed E-state index contributed by atoms with van der Waals surface area (Å²) in [6.45, 7) is 1.03. The maximum Gasteiger partial charge on any atom is 0.290 e. The lowest BCUT2D eigenvalue weighted by Gasteiger charge is -2.29. The number of ketones is 1. The lowest BCUT2D eigenvalue weighted by Crippen LogP contribution is -2.37. The van der Waals surface area contributed by atoms with Crippen molar-refractivity contribution in [3.63, 3.8) is 0 Å². The second-order valence-electron chi connectivity index (χ2n) is 7.55. The molecule has 2 atom stereocenters. The van der Waals surface area contributed by atoms with Crippen LogP contribution in [-0.2, 0) is 9.53 Å². The van der Waals surface area contributed by atoms with E-state index in [9.17, 15) is 14.7 Å². The third-order valence-corrected chi connectivity index (χ3v) is 6.31. The minimum atomic E-state index is -0.627. The number of hydrogen-bond acceptors (Lipinski definition) is 6. The third kappa shape index (κ3) is 3.68. The van der Waals surface area contributed by atoms with Gasteiger partial charge < -0.3 is 19.6 Å². The van der Waals surface area contributed by atoms with Gasteiger partial charge in [0.05, 0.1) is 22.6 Å². The van der Waals surface area contributed by atoms with E-state index in [-0.39, 0.29) is 17.5 Å². The first-order valence-corrected chi connectivity index (χ1v) is 10.6. The number of nitrogens with zero attached hydrogens (tertiary/aromatic N) is 2. The highest BCUT2D eigenvalue weighted by Gasteiger charge is 2.45. The number of amides is 1. The van der Waals surface area contributed by atoms with Gasteiger partial charge in [0.1, 0.15) is 0 Å². The quantitative estimate of drug-likeness (QED) is 0.735. The molecule has 1 aromatic heterocycles. The van der Waals surface area contributed by atoms with Crippen molar-refractivity contribution >= 4 is 28.7 Å². The van der Waals surface area contributed by atoms with Crippen LogP contribution in [0.2, 0.25) is 0 Å². The van der Waals surface area contributed by atoms with E-state index in [4.69, 9.17) is 4.74 Å². The molecule has 0 bridgehead atoms. The van der Waals surface area contributed by atoms with Crippen molar-refractivity contribution in [2.24, 2.45) is 0 Å². The average Bonchev–Trinajstić information content (AvgIpc) is 3.46. The summed E-state index contributed by atoms with van der Waals surface area (Å²) in [5.41, 5.74) is 1.96. The highest BCUT2D eigenvalue weighted by Crippen LogP contribution is 2.40. The van der Waals surface area contributed by atoms with Crippen molar-refractivity contribution in [3.05, 3.63) is 63.6 Å². The maximum atomic E-state index is 13.2. The van der Waals surface area contributed by atoms with Crippen molar-refractivity contribution in [1.29, 1.82) is 0 Å². The molecule has 1 fully saturated rings. The van der Waals surface area contributed by atoms with Crippen molar-refractivity contribution in [2.75, 3.05) is 32.1 Å². The summed E-state index contributed by atoms with van der Waals surface area (Å²) in [7, 11) is 3.91. The van der Waals surface area contributed by atoms with Crippen LogP contribution in [0.15, 0.2) is 53.1 Å². The largest absolute Gasteiger partial charge is 0.503 e. The molecule has 0 radical (unpaired) electrons. The number of hydrogen-bond donors (Lipinski definition) is 1. The standard InChI is InChI=1S/C22H24N2O4S/c1-23(2)15-9-7-14(8-10-15)19-18(20(25)17-6-4-12-29-17)21(26)22(27)24(19)13-16-5-3-11-28-16/h4,6-10,12,16,19,26H,3,5,11,13H2,1-2H3/t16-,19-/m1/s1. The lowest BCUT2D eigenvalue weighted by molar-refractivity contribution is -0.131. The average molecular weight is 413 g/mol. The number of carbonyl (C=O) groups is 2. The van der Waals surface area contributed by atoms with Crippen LogP contribution < -0.4 is 4.90 Å². The van der Waals surface area contributed by atoms with Gasteiger partial charge in [-0.2, -0.15) is 0 Å². The molecular weight excluding hydrogens is 388 g/mol. The summed E-state index contributed by atoms with van der Waals surface area (Å²) in [4.78, 5) is 30.2. The summed E-state index contributed by atoms with van der Waals surface area (Å²) in [5.74, 6) is -1.27. The number of carbonyl (C=O) groups excluding carboxylic acids is 2. The van der Waals surface area contributed by atoms with Gasteiger partial charge in [0.2, 0.25) is 5.78 Å². The van der Waals surface area contributed by atoms with E-state index in [2.05, 4.69) is 0 Å². The van der Waals surface area contributed by atoms with Gasteiger partial charge in [0.15, 0.2) is 5.76 Å². The zero-order valence-corrected chi connectivity index (χ0v) is 17.3. The summed E-state index contributed by atoms with van der Waals surface area (Å²) in [6, 6.07) is 10.6. The fourth-order valence-electron chi connectivity index (χ4n) is 3.92. The van der Waals surface area contributed by atoms with Gasteiger partial charge in [0, 0.05) is 32.9 Å². The first-order valence-electron chi connectivity index (χ1n) is 9.68. The van der Waals surface area contributed by atoms with E-state index >= 15 is 0 Å². The van der Waals surface area contributed by atoms with Crippen LogP contribution in [0.4, 0.5) is 5.69 Å². The molecule has 0 saturated carbocycles. The zero-order valence-electron chi connectivity index (χ0n) is 16.5. The molecule has 1 aromatic carbocycles. The second kappa shape index (κ2) is 8.00. The molecule has 6 nitrogen and oxygen atoms in total. The maximum absolute atomic E-state index is 13.2. The van der Waals surface area contributed by atoms with Crippen LogP contribution in [-0.4, -0.2) is 55.0 Å². The molecule has 1 saturated heterocycles. The van der Waals surface area contributed by atoms with Crippen LogP contribution in [0.3, 0.4) is 0 Å². The van der Waals surface area contributed by atoms with Gasteiger partial charge in [-0.25, -0.2) is 0 Å². The number of benzene rings is 1. The molecule has 1 N–H and O–H groups in total. The van der Waals surface area contributed by atoms with Crippen LogP contribution >= 0.6 is 11.3 Å². The van der Waals surface area contributed by atoms with Gasteiger partial charge in [0.25, 0.3) is 5.91 Å². The number of anilines is 1. The summed E-state index contributed by atoms with van der Waals surface area (Å²) >= 11 is 1.30. The molecule has 29 heavy (non-hydrogen) atoms. The van der Waals surface area contributed by atoms with Crippen LogP contribution in [0, 0.1) is 0 Å². The monoisotopic (exact) mass is 412 g/mol. The number of aliphatic hydroxyl groups is 1. The minimum Gasteiger partial charge on any atom is -0.503 e. The lowest BCUT2D eigenvalue weighted by atomic mass is 9.95. The van der Waals surface area contributed by atoms with Gasteiger partial charge in [-0.1, -0.05) is 18.2 Å². The number of Topliss-reactive ketones (excluding diaryl/α,β-unsaturated/α-hetero) is 1. The van der Waals surface area contributed by atoms with Gasteiger partial charge in [-0.05, 0) is 42.0 Å². The van der Waals surface area contributed by atoms with Crippen LogP contribution in [0.1, 0.15) is 34.1 Å². The molecule has 7 heteroatoms. The van der Waals surface area contributed by atoms with E-state index in [0.717, 1.165) is 24.1 Å². The predicted octanol–water partition coefficient (Wildman–Crippen LogP) is 3.57. The van der Waals surface area contributed by atoms with Crippen molar-refractivity contribution in [1.82, 2.24) is 4.90 Å². The van der Waals surface area contributed by atoms with E-state index < -0.39 is 17.7 Å². The molecule has 0 unspecified atom stereocenters. The van der Waals surface area contributed by atoms with E-state index in [0.29, 0.717) is 18.0 Å². The normalized spacial score (nSPS) is 21.9. The number of rotatable bonds is 6. The predicted molar refractivity (Wildman–Crippen MR) is 113 cm³/mol. The topological polar surface area (TPSA) is 70.1 Å². The van der Waals surface area contributed by atoms with Gasteiger partial charge >= 0.3 is 0 Å². The Kier molecular flexibility index (Phi) is 5.43. The molecule has 0 spiro atoms. The molecule has 152 valence electrons. The van der Waals surface area contributed by atoms with Crippen molar-refractivity contribution < 1.29 is 19.4 Å². The van der Waals surface area contributed by atoms with Gasteiger partial charge in [-0.15, -0.1) is 11.3 Å². The molecule has 2 aliphatic rings. The Morgan fingerprint density at radius 2 is 2.03 bits per heavy atom. The highest BCUT2D eigenvalue weighted by atomic mass is 32.1. The Morgan fingerprint density at radius 3 is 2.62 bits per heavy atom. The Morgan fingerprint density at radius 1 is 1.28 bits per heavy atom. The van der Waals surface area contributed by atoms with E-state index in [1.165, 1.54) is 11.3 Å². The first kappa shape index (κ1) is 19.7. The molecule has 2 aromatic rings. The Bertz CT molecular complexity index is 928. The fourth-order valence-corrected chi connectivity index (χ4v) is 4.60. The number of aliphatic hydroxyl groups excluding tert-OH is 1. The second-order valence-corrected chi connectivity index (χ2v) is 8.50. The molecular formula is C22H24N2O4S. The Labute approximate surface area is 174 Å². The number of ether oxygens (including phenoxy) is 1. The van der Waals surface area contributed by atoms with E-state index in [1.807, 2.05) is 48.6 Å². The molecule has 1 amide bonds. The third-order valence-electron chi connectivity index (χ3n) is 5.44. The van der Waals surface area contributed by atoms with Crippen molar-refractivity contribution in [2.45, 2.75) is 25.0 Å². The Balaban J connectivity index is 1.74. The van der Waals surface area contributed by atoms with E-state index in [1.54, 1.807) is 17.0 Å². The minimum absolute atomic E-state index is 0.0773. The SMILES string of the molecule is CN(C)c1ccc([C@@H]2C(C(=O)c3cccs3)=C(O)C(=O)N2C[C@H]2CCCO2)cc1.